The molecule has 0 radical (unpaired) electrons. The van der Waals surface area contributed by atoms with Gasteiger partial charge in [0.2, 0.25) is 0 Å². The molecule has 0 amide bonds. The molecule has 1 aromatic heterocycles. The minimum atomic E-state index is -3.09. The van der Waals surface area contributed by atoms with Gasteiger partial charge in [-0.1, -0.05) is 0 Å². The molecular formula is C10H12F3N3O4. The van der Waals surface area contributed by atoms with Crippen LogP contribution in [-0.2, 0) is 4.74 Å². The standard InChI is InChI=1S/C10H12F3N3O4/c11-4-2-16(9(19)15-6(4)14)7-5(18)1-10(3-17,20-7)8(12)13/h2,5,7-8,17-18H,1,3H2,(H2,14,15,19). The van der Waals surface area contributed by atoms with Crippen molar-refractivity contribution in [2.45, 2.75) is 30.8 Å². The first-order valence-electron chi connectivity index (χ1n) is 5.60. The van der Waals surface area contributed by atoms with Crippen molar-refractivity contribution in [2.24, 2.45) is 0 Å². The number of ether oxygens (including phenoxy) is 1. The summed E-state index contributed by atoms with van der Waals surface area (Å²) in [7, 11) is 0. The molecule has 0 saturated carbocycles. The number of nitrogens with zero attached hydrogens (tertiary/aromatic N) is 2. The predicted molar refractivity (Wildman–Crippen MR) is 59.4 cm³/mol. The Labute approximate surface area is 110 Å². The van der Waals surface area contributed by atoms with Gasteiger partial charge in [-0.3, -0.25) is 4.57 Å². The highest BCUT2D eigenvalue weighted by Crippen LogP contribution is 2.39. The van der Waals surface area contributed by atoms with Crippen LogP contribution < -0.4 is 11.4 Å². The number of nitrogen functional groups attached to an aromatic ring is 1. The molecule has 1 saturated heterocycles. The Balaban J connectivity index is 2.40. The maximum Gasteiger partial charge on any atom is 0.351 e. The molecule has 2 heterocycles. The van der Waals surface area contributed by atoms with E-state index in [1.54, 1.807) is 0 Å². The van der Waals surface area contributed by atoms with Crippen molar-refractivity contribution in [3.63, 3.8) is 0 Å². The van der Waals surface area contributed by atoms with Crippen LogP contribution in [0.5, 0.6) is 0 Å². The van der Waals surface area contributed by atoms with Crippen LogP contribution in [-0.4, -0.2) is 44.5 Å². The lowest BCUT2D eigenvalue weighted by Gasteiger charge is -2.25. The zero-order chi connectivity index (χ0) is 15.1. The monoisotopic (exact) mass is 295 g/mol. The first kappa shape index (κ1) is 14.8. The Morgan fingerprint density at radius 1 is 1.65 bits per heavy atom. The van der Waals surface area contributed by atoms with Gasteiger partial charge in [-0.2, -0.15) is 4.98 Å². The van der Waals surface area contributed by atoms with Crippen molar-refractivity contribution < 1.29 is 28.1 Å². The molecule has 1 aliphatic rings. The highest BCUT2D eigenvalue weighted by atomic mass is 19.3. The summed E-state index contributed by atoms with van der Waals surface area (Å²) >= 11 is 0. The fourth-order valence-corrected chi connectivity index (χ4v) is 2.02. The molecule has 112 valence electrons. The van der Waals surface area contributed by atoms with E-state index in [1.807, 2.05) is 0 Å². The van der Waals surface area contributed by atoms with Crippen LogP contribution in [0.1, 0.15) is 12.6 Å². The SMILES string of the molecule is Nc1nc(=O)n(C2OC(CO)(C(F)F)CC2O)cc1F. The quantitative estimate of drug-likeness (QED) is 0.676. The lowest BCUT2D eigenvalue weighted by Crippen LogP contribution is -2.41. The van der Waals surface area contributed by atoms with Gasteiger partial charge < -0.3 is 20.7 Å². The van der Waals surface area contributed by atoms with Crippen molar-refractivity contribution in [1.82, 2.24) is 9.55 Å². The molecule has 0 bridgehead atoms. The maximum atomic E-state index is 13.3. The minimum absolute atomic E-state index is 0.524. The lowest BCUT2D eigenvalue weighted by atomic mass is 10.0. The molecule has 1 aliphatic heterocycles. The molecule has 0 spiro atoms. The van der Waals surface area contributed by atoms with Crippen LogP contribution in [0.15, 0.2) is 11.0 Å². The minimum Gasteiger partial charge on any atom is -0.393 e. The average Bonchev–Trinajstić information content (AvgIpc) is 2.72. The van der Waals surface area contributed by atoms with Crippen LogP contribution in [0.25, 0.3) is 0 Å². The Bertz CT molecular complexity index is 567. The van der Waals surface area contributed by atoms with Gasteiger partial charge in [0.25, 0.3) is 6.43 Å². The van der Waals surface area contributed by atoms with E-state index in [0.717, 1.165) is 0 Å². The lowest BCUT2D eigenvalue weighted by molar-refractivity contribution is -0.173. The molecule has 2 rings (SSSR count). The summed E-state index contributed by atoms with van der Waals surface area (Å²) in [6.45, 7) is -1.06. The number of hydrogen-bond donors (Lipinski definition) is 3. The normalized spacial score (nSPS) is 30.1. The molecule has 10 heteroatoms. The van der Waals surface area contributed by atoms with E-state index in [2.05, 4.69) is 4.98 Å². The second kappa shape index (κ2) is 5.04. The number of alkyl halides is 2. The molecule has 0 aromatic carbocycles. The largest absolute Gasteiger partial charge is 0.393 e. The van der Waals surface area contributed by atoms with Gasteiger partial charge in [0.05, 0.1) is 12.8 Å². The van der Waals surface area contributed by atoms with E-state index in [4.69, 9.17) is 15.6 Å². The summed E-state index contributed by atoms with van der Waals surface area (Å²) in [6.07, 6.45) is -6.19. The Morgan fingerprint density at radius 2 is 2.30 bits per heavy atom. The molecule has 3 atom stereocenters. The van der Waals surface area contributed by atoms with E-state index < -0.39 is 54.7 Å². The summed E-state index contributed by atoms with van der Waals surface area (Å²) < 4.78 is 44.5. The number of aliphatic hydroxyl groups is 2. The highest BCUT2D eigenvalue weighted by Gasteiger charge is 2.53. The second-order valence-corrected chi connectivity index (χ2v) is 4.47. The molecule has 1 aromatic rings. The van der Waals surface area contributed by atoms with Crippen molar-refractivity contribution in [1.29, 1.82) is 0 Å². The van der Waals surface area contributed by atoms with E-state index in [9.17, 15) is 23.1 Å². The Morgan fingerprint density at radius 3 is 2.80 bits per heavy atom. The van der Waals surface area contributed by atoms with Crippen LogP contribution in [0, 0.1) is 5.82 Å². The zero-order valence-electron chi connectivity index (χ0n) is 10.0. The number of aliphatic hydroxyl groups excluding tert-OH is 2. The number of anilines is 1. The predicted octanol–water partition coefficient (Wildman–Crippen LogP) is -0.759. The summed E-state index contributed by atoms with van der Waals surface area (Å²) in [6, 6.07) is 0. The second-order valence-electron chi connectivity index (χ2n) is 4.47. The van der Waals surface area contributed by atoms with Gasteiger partial charge >= 0.3 is 5.69 Å². The fraction of sp³-hybridized carbons (Fsp3) is 0.600. The van der Waals surface area contributed by atoms with E-state index in [-0.39, 0.29) is 0 Å². The number of hydrogen-bond acceptors (Lipinski definition) is 6. The van der Waals surface area contributed by atoms with Crippen molar-refractivity contribution in [2.75, 3.05) is 12.3 Å². The third-order valence-corrected chi connectivity index (χ3v) is 3.11. The van der Waals surface area contributed by atoms with Gasteiger partial charge in [0.1, 0.15) is 6.10 Å². The number of nitrogens with two attached hydrogens (primary N) is 1. The molecule has 3 unspecified atom stereocenters. The number of aromatic nitrogens is 2. The average molecular weight is 295 g/mol. The van der Waals surface area contributed by atoms with Gasteiger partial charge in [0.15, 0.2) is 23.5 Å². The van der Waals surface area contributed by atoms with Crippen LogP contribution in [0.3, 0.4) is 0 Å². The van der Waals surface area contributed by atoms with Crippen molar-refractivity contribution in [3.8, 4) is 0 Å². The first-order chi connectivity index (χ1) is 9.30. The van der Waals surface area contributed by atoms with Crippen LogP contribution >= 0.6 is 0 Å². The third-order valence-electron chi connectivity index (χ3n) is 3.11. The molecule has 1 fully saturated rings. The summed E-state index contributed by atoms with van der Waals surface area (Å²) in [5.41, 5.74) is 1.72. The van der Waals surface area contributed by atoms with Crippen LogP contribution in [0.2, 0.25) is 0 Å². The maximum absolute atomic E-state index is 13.3. The van der Waals surface area contributed by atoms with Crippen molar-refractivity contribution in [3.05, 3.63) is 22.5 Å². The molecular weight excluding hydrogens is 283 g/mol. The first-order valence-corrected chi connectivity index (χ1v) is 5.60. The van der Waals surface area contributed by atoms with Gasteiger partial charge in [0, 0.05) is 6.42 Å². The topological polar surface area (TPSA) is 111 Å². The van der Waals surface area contributed by atoms with Gasteiger partial charge in [-0.15, -0.1) is 0 Å². The summed E-state index contributed by atoms with van der Waals surface area (Å²) in [4.78, 5) is 14.7. The zero-order valence-corrected chi connectivity index (χ0v) is 10.0. The Kier molecular flexibility index (Phi) is 3.71. The summed E-state index contributed by atoms with van der Waals surface area (Å²) in [5.74, 6) is -1.71. The number of halogens is 3. The molecule has 0 aliphatic carbocycles. The fourth-order valence-electron chi connectivity index (χ4n) is 2.02. The van der Waals surface area contributed by atoms with E-state index in [1.165, 1.54) is 0 Å². The summed E-state index contributed by atoms with van der Waals surface area (Å²) in [5, 5.41) is 18.8. The van der Waals surface area contributed by atoms with Crippen molar-refractivity contribution >= 4 is 5.82 Å². The van der Waals surface area contributed by atoms with Gasteiger partial charge in [-0.05, 0) is 0 Å². The molecule has 7 nitrogen and oxygen atoms in total. The molecule has 4 N–H and O–H groups in total. The third kappa shape index (κ3) is 2.25. The van der Waals surface area contributed by atoms with Gasteiger partial charge in [-0.25, -0.2) is 18.0 Å². The Hall–Kier alpha value is -1.65. The highest BCUT2D eigenvalue weighted by molar-refractivity contribution is 5.26. The van der Waals surface area contributed by atoms with E-state index in [0.29, 0.717) is 10.8 Å². The van der Waals surface area contributed by atoms with E-state index >= 15 is 0 Å². The van der Waals surface area contributed by atoms with Crippen LogP contribution in [0.4, 0.5) is 19.0 Å². The smallest absolute Gasteiger partial charge is 0.351 e. The molecule has 20 heavy (non-hydrogen) atoms. The number of rotatable bonds is 3.